The van der Waals surface area contributed by atoms with Crippen LogP contribution in [0.3, 0.4) is 0 Å². The molecule has 17 heavy (non-hydrogen) atoms. The van der Waals surface area contributed by atoms with E-state index in [1.54, 1.807) is 20.8 Å². The van der Waals surface area contributed by atoms with Gasteiger partial charge in [-0.2, -0.15) is 0 Å². The van der Waals surface area contributed by atoms with E-state index in [0.29, 0.717) is 5.89 Å². The molecule has 0 fully saturated rings. The van der Waals surface area contributed by atoms with E-state index in [-0.39, 0.29) is 24.8 Å². The van der Waals surface area contributed by atoms with E-state index in [1.807, 2.05) is 0 Å². The van der Waals surface area contributed by atoms with Gasteiger partial charge in [-0.25, -0.2) is 0 Å². The Hall–Kier alpha value is -1.92. The summed E-state index contributed by atoms with van der Waals surface area (Å²) in [4.78, 5) is 22.2. The third-order valence-corrected chi connectivity index (χ3v) is 2.04. The minimum atomic E-state index is -0.934. The number of nitrogens with zero attached hydrogens (tertiary/aromatic N) is 2. The number of hydrogen-bond donors (Lipinski definition) is 2. The Balaban J connectivity index is 2.52. The van der Waals surface area contributed by atoms with Gasteiger partial charge in [0.05, 0.1) is 6.42 Å². The van der Waals surface area contributed by atoms with E-state index in [4.69, 9.17) is 9.52 Å². The Morgan fingerprint density at radius 3 is 2.47 bits per heavy atom. The monoisotopic (exact) mass is 241 g/mol. The highest BCUT2D eigenvalue weighted by molar-refractivity contribution is 5.89. The summed E-state index contributed by atoms with van der Waals surface area (Å²) in [6.07, 6.45) is -0.00991. The standard InChI is InChI=1S/C10H15N3O4/c1-6-12-13-9(17-6)11-7(14)4-10(2,3)5-8(15)16/h4-5H2,1-3H3,(H,15,16)(H,11,13,14). The lowest BCUT2D eigenvalue weighted by Gasteiger charge is -2.20. The largest absolute Gasteiger partial charge is 0.481 e. The first-order chi connectivity index (χ1) is 7.78. The summed E-state index contributed by atoms with van der Waals surface area (Å²) in [5.41, 5.74) is -0.620. The molecule has 1 aromatic rings. The van der Waals surface area contributed by atoms with Crippen molar-refractivity contribution in [3.8, 4) is 0 Å². The summed E-state index contributed by atoms with van der Waals surface area (Å²) in [5, 5.41) is 18.3. The molecule has 94 valence electrons. The molecule has 0 bridgehead atoms. The molecule has 1 aromatic heterocycles. The van der Waals surface area contributed by atoms with Crippen LogP contribution in [0, 0.1) is 12.3 Å². The number of amides is 1. The van der Waals surface area contributed by atoms with Gasteiger partial charge in [-0.3, -0.25) is 14.9 Å². The maximum Gasteiger partial charge on any atom is 0.322 e. The highest BCUT2D eigenvalue weighted by atomic mass is 16.4. The summed E-state index contributed by atoms with van der Waals surface area (Å²) in [7, 11) is 0. The van der Waals surface area contributed by atoms with Crippen molar-refractivity contribution in [1.82, 2.24) is 10.2 Å². The molecule has 0 aromatic carbocycles. The molecule has 0 aliphatic rings. The van der Waals surface area contributed by atoms with Gasteiger partial charge in [0, 0.05) is 13.3 Å². The van der Waals surface area contributed by atoms with Gasteiger partial charge < -0.3 is 9.52 Å². The molecule has 0 saturated heterocycles. The van der Waals surface area contributed by atoms with E-state index in [2.05, 4.69) is 15.5 Å². The molecule has 7 heteroatoms. The first-order valence-electron chi connectivity index (χ1n) is 5.10. The highest BCUT2D eigenvalue weighted by Gasteiger charge is 2.25. The van der Waals surface area contributed by atoms with E-state index in [9.17, 15) is 9.59 Å². The normalized spacial score (nSPS) is 11.2. The number of carbonyl (C=O) groups excluding carboxylic acids is 1. The number of nitrogens with one attached hydrogen (secondary N) is 1. The number of rotatable bonds is 5. The van der Waals surface area contributed by atoms with Gasteiger partial charge >= 0.3 is 12.0 Å². The van der Waals surface area contributed by atoms with Crippen LogP contribution in [0.4, 0.5) is 6.01 Å². The van der Waals surface area contributed by atoms with Crippen molar-refractivity contribution in [3.05, 3.63) is 5.89 Å². The van der Waals surface area contributed by atoms with Crippen LogP contribution in [0.2, 0.25) is 0 Å². The van der Waals surface area contributed by atoms with Crippen LogP contribution in [0.5, 0.6) is 0 Å². The maximum absolute atomic E-state index is 11.6. The highest BCUT2D eigenvalue weighted by Crippen LogP contribution is 2.25. The van der Waals surface area contributed by atoms with Gasteiger partial charge in [0.25, 0.3) is 0 Å². The minimum Gasteiger partial charge on any atom is -0.481 e. The van der Waals surface area contributed by atoms with Crippen LogP contribution in [0.15, 0.2) is 4.42 Å². The second kappa shape index (κ2) is 4.94. The van der Waals surface area contributed by atoms with E-state index in [0.717, 1.165) is 0 Å². The van der Waals surface area contributed by atoms with E-state index >= 15 is 0 Å². The fourth-order valence-electron chi connectivity index (χ4n) is 1.42. The summed E-state index contributed by atoms with van der Waals surface area (Å²) in [6.45, 7) is 5.02. The third kappa shape index (κ3) is 4.62. The van der Waals surface area contributed by atoms with Crippen LogP contribution in [-0.4, -0.2) is 27.2 Å². The number of carboxylic acids is 1. The first kappa shape index (κ1) is 13.1. The number of hydrogen-bond acceptors (Lipinski definition) is 5. The molecule has 0 radical (unpaired) electrons. The van der Waals surface area contributed by atoms with Crippen LogP contribution in [0.25, 0.3) is 0 Å². The fraction of sp³-hybridized carbons (Fsp3) is 0.600. The number of carboxylic acid groups (broad SMARTS) is 1. The SMILES string of the molecule is Cc1nnc(NC(=O)CC(C)(C)CC(=O)O)o1. The second-order valence-corrected chi connectivity index (χ2v) is 4.59. The number of carbonyl (C=O) groups is 2. The Labute approximate surface area is 98.2 Å². The van der Waals surface area contributed by atoms with Crippen molar-refractivity contribution in [2.24, 2.45) is 5.41 Å². The van der Waals surface area contributed by atoms with Gasteiger partial charge in [-0.05, 0) is 5.41 Å². The molecule has 0 atom stereocenters. The number of anilines is 1. The van der Waals surface area contributed by atoms with Crippen molar-refractivity contribution < 1.29 is 19.1 Å². The molecular weight excluding hydrogens is 226 g/mol. The number of aryl methyl sites for hydroxylation is 1. The van der Waals surface area contributed by atoms with Gasteiger partial charge in [-0.15, -0.1) is 5.10 Å². The van der Waals surface area contributed by atoms with Gasteiger partial charge in [0.2, 0.25) is 11.8 Å². The van der Waals surface area contributed by atoms with Crippen molar-refractivity contribution in [3.63, 3.8) is 0 Å². The molecule has 1 rings (SSSR count). The lowest BCUT2D eigenvalue weighted by Crippen LogP contribution is -2.24. The van der Waals surface area contributed by atoms with E-state index in [1.165, 1.54) is 0 Å². The summed E-state index contributed by atoms with van der Waals surface area (Å²) in [6, 6.07) is 0.0265. The summed E-state index contributed by atoms with van der Waals surface area (Å²) >= 11 is 0. The van der Waals surface area contributed by atoms with E-state index < -0.39 is 11.4 Å². The molecule has 0 aliphatic heterocycles. The predicted molar refractivity (Wildman–Crippen MR) is 58.3 cm³/mol. The van der Waals surface area contributed by atoms with Gasteiger partial charge in [-0.1, -0.05) is 18.9 Å². The molecule has 7 nitrogen and oxygen atoms in total. The minimum absolute atomic E-state index is 0.0265. The molecule has 0 saturated carbocycles. The topological polar surface area (TPSA) is 105 Å². The maximum atomic E-state index is 11.6. The quantitative estimate of drug-likeness (QED) is 0.802. The molecule has 0 aliphatic carbocycles. The number of aromatic nitrogens is 2. The average molecular weight is 241 g/mol. The van der Waals surface area contributed by atoms with Gasteiger partial charge in [0.1, 0.15) is 0 Å². The number of aliphatic carboxylic acids is 1. The van der Waals surface area contributed by atoms with Crippen LogP contribution >= 0.6 is 0 Å². The molecule has 2 N–H and O–H groups in total. The van der Waals surface area contributed by atoms with Gasteiger partial charge in [0.15, 0.2) is 0 Å². The average Bonchev–Trinajstić information content (AvgIpc) is 2.46. The Bertz CT molecular complexity index is 425. The Morgan fingerprint density at radius 1 is 1.35 bits per heavy atom. The lowest BCUT2D eigenvalue weighted by atomic mass is 9.85. The molecule has 1 heterocycles. The zero-order valence-electron chi connectivity index (χ0n) is 9.98. The van der Waals surface area contributed by atoms with Crippen molar-refractivity contribution in [1.29, 1.82) is 0 Å². The molecule has 0 spiro atoms. The van der Waals surface area contributed by atoms with Crippen molar-refractivity contribution in [2.45, 2.75) is 33.6 Å². The zero-order valence-corrected chi connectivity index (χ0v) is 9.98. The van der Waals surface area contributed by atoms with Crippen LogP contribution in [-0.2, 0) is 9.59 Å². The fourth-order valence-corrected chi connectivity index (χ4v) is 1.42. The van der Waals surface area contributed by atoms with Crippen LogP contribution < -0.4 is 5.32 Å². The smallest absolute Gasteiger partial charge is 0.322 e. The molecular formula is C10H15N3O4. The Morgan fingerprint density at radius 2 is 2.00 bits per heavy atom. The molecule has 0 unspecified atom stereocenters. The van der Waals surface area contributed by atoms with Crippen molar-refractivity contribution in [2.75, 3.05) is 5.32 Å². The lowest BCUT2D eigenvalue weighted by molar-refractivity contribution is -0.139. The zero-order chi connectivity index (χ0) is 13.1. The van der Waals surface area contributed by atoms with Crippen LogP contribution in [0.1, 0.15) is 32.6 Å². The predicted octanol–water partition coefficient (Wildman–Crippen LogP) is 1.21. The summed E-state index contributed by atoms with van der Waals surface area (Å²) < 4.78 is 4.98. The van der Waals surface area contributed by atoms with Crippen molar-refractivity contribution >= 4 is 17.9 Å². The molecule has 1 amide bonds. The Kier molecular flexibility index (Phi) is 3.82. The second-order valence-electron chi connectivity index (χ2n) is 4.59. The first-order valence-corrected chi connectivity index (χ1v) is 5.10. The summed E-state index contributed by atoms with van der Waals surface area (Å²) in [5.74, 6) is -0.929. The third-order valence-electron chi connectivity index (χ3n) is 2.04.